The molecule has 0 unspecified atom stereocenters. The van der Waals surface area contributed by atoms with Crippen molar-refractivity contribution in [2.45, 2.75) is 44.2 Å². The van der Waals surface area contributed by atoms with Gasteiger partial charge in [-0.05, 0) is 38.4 Å². The van der Waals surface area contributed by atoms with Crippen molar-refractivity contribution in [3.05, 3.63) is 17.0 Å². The molecule has 3 N–H and O–H groups in total. The lowest BCUT2D eigenvalue weighted by Crippen LogP contribution is -2.45. The van der Waals surface area contributed by atoms with Crippen LogP contribution in [0.1, 0.15) is 41.0 Å². The van der Waals surface area contributed by atoms with E-state index in [1.807, 2.05) is 6.26 Å². The molecule has 1 fully saturated rings. The number of thioether (sulfide) groups is 1. The molecule has 0 spiro atoms. The second kappa shape index (κ2) is 8.11. The van der Waals surface area contributed by atoms with Gasteiger partial charge in [-0.25, -0.2) is 0 Å². The maximum atomic E-state index is 12.7. The van der Waals surface area contributed by atoms with Gasteiger partial charge in [-0.2, -0.15) is 16.9 Å². The first kappa shape index (κ1) is 18.8. The third kappa shape index (κ3) is 3.72. The summed E-state index contributed by atoms with van der Waals surface area (Å²) in [6.45, 7) is 0.343. The molecule has 2 aliphatic rings. The summed E-state index contributed by atoms with van der Waals surface area (Å²) >= 11 is 1.42. The number of hydrogen-bond donors (Lipinski definition) is 3. The van der Waals surface area contributed by atoms with Crippen LogP contribution in [0.15, 0.2) is 0 Å². The van der Waals surface area contributed by atoms with E-state index in [4.69, 9.17) is 0 Å². The number of nitrogens with zero attached hydrogens (tertiary/aromatic N) is 2. The van der Waals surface area contributed by atoms with Gasteiger partial charge in [0.1, 0.15) is 6.04 Å². The lowest BCUT2D eigenvalue weighted by atomic mass is 9.95. The summed E-state index contributed by atoms with van der Waals surface area (Å²) in [5.74, 6) is -0.196. The normalized spacial score (nSPS) is 22.0. The zero-order valence-corrected chi connectivity index (χ0v) is 15.9. The number of likely N-dealkylation sites (N-methyl/N-ethyl adjacent to an activating group) is 1. The molecule has 3 rings (SSSR count). The monoisotopic (exact) mass is 379 g/mol. The summed E-state index contributed by atoms with van der Waals surface area (Å²) in [7, 11) is 1.56. The molecule has 0 radical (unpaired) electrons. The van der Waals surface area contributed by atoms with Crippen LogP contribution in [-0.2, 0) is 22.4 Å². The zero-order valence-electron chi connectivity index (χ0n) is 15.1. The summed E-state index contributed by atoms with van der Waals surface area (Å²) in [6.07, 6.45) is 6.22. The molecule has 0 saturated carbocycles. The van der Waals surface area contributed by atoms with E-state index in [-0.39, 0.29) is 23.8 Å². The average Bonchev–Trinajstić information content (AvgIpc) is 3.25. The minimum absolute atomic E-state index is 0.0833. The predicted molar refractivity (Wildman–Crippen MR) is 99.1 cm³/mol. The Labute approximate surface area is 156 Å². The molecule has 0 bridgehead atoms. The van der Waals surface area contributed by atoms with Crippen molar-refractivity contribution >= 4 is 29.5 Å². The first-order valence-corrected chi connectivity index (χ1v) is 10.3. The molecule has 1 aromatic heterocycles. The highest BCUT2D eigenvalue weighted by molar-refractivity contribution is 7.99. The Morgan fingerprint density at radius 1 is 1.31 bits per heavy atom. The first-order valence-electron chi connectivity index (χ1n) is 8.92. The van der Waals surface area contributed by atoms with E-state index in [0.29, 0.717) is 24.4 Å². The molecule has 1 aliphatic carbocycles. The largest absolute Gasteiger partial charge is 0.357 e. The highest BCUT2D eigenvalue weighted by Crippen LogP contribution is 2.23. The lowest BCUT2D eigenvalue weighted by Gasteiger charge is -2.22. The molecule has 142 valence electrons. The molecule has 1 aliphatic heterocycles. The summed E-state index contributed by atoms with van der Waals surface area (Å²) < 4.78 is 0. The van der Waals surface area contributed by atoms with Crippen molar-refractivity contribution in [1.29, 1.82) is 0 Å². The third-order valence-electron chi connectivity index (χ3n) is 5.04. The number of carbonyl (C=O) groups excluding carboxylic acids is 3. The third-order valence-corrected chi connectivity index (χ3v) is 5.58. The Bertz CT molecular complexity index is 705. The van der Waals surface area contributed by atoms with Gasteiger partial charge in [0.15, 0.2) is 5.69 Å². The Morgan fingerprint density at radius 3 is 2.81 bits per heavy atom. The number of aromatic amines is 1. The number of hydrogen-bond acceptors (Lipinski definition) is 5. The van der Waals surface area contributed by atoms with Gasteiger partial charge in [0, 0.05) is 30.9 Å². The molecular weight excluding hydrogens is 354 g/mol. The minimum atomic E-state index is -0.543. The van der Waals surface area contributed by atoms with Crippen LogP contribution in [0.4, 0.5) is 0 Å². The van der Waals surface area contributed by atoms with E-state index >= 15 is 0 Å². The fourth-order valence-electron chi connectivity index (χ4n) is 3.76. The van der Waals surface area contributed by atoms with E-state index in [9.17, 15) is 14.4 Å². The quantitative estimate of drug-likeness (QED) is 0.672. The second-order valence-corrected chi connectivity index (χ2v) is 7.62. The number of aromatic nitrogens is 2. The van der Waals surface area contributed by atoms with E-state index in [0.717, 1.165) is 36.9 Å². The van der Waals surface area contributed by atoms with Crippen LogP contribution >= 0.6 is 11.8 Å². The van der Waals surface area contributed by atoms with Crippen LogP contribution in [0.3, 0.4) is 0 Å². The van der Waals surface area contributed by atoms with E-state index < -0.39 is 6.04 Å². The number of aryl methyl sites for hydroxylation is 1. The van der Waals surface area contributed by atoms with Gasteiger partial charge < -0.3 is 15.5 Å². The highest BCUT2D eigenvalue weighted by atomic mass is 32.2. The van der Waals surface area contributed by atoms with E-state index in [2.05, 4.69) is 20.8 Å². The molecule has 8 nitrogen and oxygen atoms in total. The van der Waals surface area contributed by atoms with E-state index in [1.165, 1.54) is 11.8 Å². The Balaban J connectivity index is 1.69. The van der Waals surface area contributed by atoms with Crippen molar-refractivity contribution in [1.82, 2.24) is 25.7 Å². The van der Waals surface area contributed by atoms with Crippen LogP contribution < -0.4 is 10.6 Å². The van der Waals surface area contributed by atoms with Crippen LogP contribution in [0, 0.1) is 0 Å². The fraction of sp³-hybridized carbons (Fsp3) is 0.647. The number of nitrogens with one attached hydrogen (secondary N) is 3. The van der Waals surface area contributed by atoms with Gasteiger partial charge in [0.25, 0.3) is 5.91 Å². The molecule has 1 aromatic rings. The highest BCUT2D eigenvalue weighted by Gasteiger charge is 2.40. The molecule has 26 heavy (non-hydrogen) atoms. The molecule has 2 atom stereocenters. The van der Waals surface area contributed by atoms with Crippen molar-refractivity contribution in [3.8, 4) is 0 Å². The SMILES string of the molecule is CNC(=O)[C@@H]1C[C@@H](NC(=O)c2n[nH]c3c2CCCC3)CN1C(=O)CSC. The Kier molecular flexibility index (Phi) is 5.85. The average molecular weight is 379 g/mol. The number of carbonyl (C=O) groups is 3. The summed E-state index contributed by atoms with van der Waals surface area (Å²) in [4.78, 5) is 38.7. The van der Waals surface area contributed by atoms with Crippen LogP contribution in [0.25, 0.3) is 0 Å². The number of rotatable bonds is 5. The van der Waals surface area contributed by atoms with Gasteiger partial charge in [0.05, 0.1) is 5.75 Å². The number of H-pyrrole nitrogens is 1. The summed E-state index contributed by atoms with van der Waals surface area (Å²) in [6, 6.07) is -0.801. The Hall–Kier alpha value is -2.03. The molecule has 1 saturated heterocycles. The minimum Gasteiger partial charge on any atom is -0.357 e. The van der Waals surface area contributed by atoms with Gasteiger partial charge in [0.2, 0.25) is 11.8 Å². The van der Waals surface area contributed by atoms with E-state index in [1.54, 1.807) is 11.9 Å². The maximum Gasteiger partial charge on any atom is 0.272 e. The zero-order chi connectivity index (χ0) is 18.7. The van der Waals surface area contributed by atoms with Crippen molar-refractivity contribution < 1.29 is 14.4 Å². The standard InChI is InChI=1S/C17H25N5O3S/c1-18-16(24)13-7-10(8-22(13)14(23)9-26-2)19-17(25)15-11-5-3-4-6-12(11)20-21-15/h10,13H,3-9H2,1-2H3,(H,18,24)(H,19,25)(H,20,21)/t10-,13+/m1/s1. The fourth-order valence-corrected chi connectivity index (χ4v) is 4.17. The second-order valence-electron chi connectivity index (χ2n) is 6.75. The van der Waals surface area contributed by atoms with Gasteiger partial charge in [-0.15, -0.1) is 0 Å². The molecule has 3 amide bonds. The lowest BCUT2D eigenvalue weighted by molar-refractivity contribution is -0.136. The summed E-state index contributed by atoms with van der Waals surface area (Å²) in [5, 5.41) is 12.7. The van der Waals surface area contributed by atoms with Crippen molar-refractivity contribution in [3.63, 3.8) is 0 Å². The number of fused-ring (bicyclic) bond motifs is 1. The number of amides is 3. The molecular formula is C17H25N5O3S. The topological polar surface area (TPSA) is 107 Å². The molecule has 2 heterocycles. The van der Waals surface area contributed by atoms with Gasteiger partial charge in [-0.3, -0.25) is 19.5 Å². The van der Waals surface area contributed by atoms with Crippen molar-refractivity contribution in [2.24, 2.45) is 0 Å². The summed E-state index contributed by atoms with van der Waals surface area (Å²) in [5.41, 5.74) is 2.50. The van der Waals surface area contributed by atoms with Crippen LogP contribution in [0.5, 0.6) is 0 Å². The van der Waals surface area contributed by atoms with Crippen LogP contribution in [0.2, 0.25) is 0 Å². The van der Waals surface area contributed by atoms with Crippen molar-refractivity contribution in [2.75, 3.05) is 25.6 Å². The Morgan fingerprint density at radius 2 is 2.08 bits per heavy atom. The number of likely N-dealkylation sites (tertiary alicyclic amines) is 1. The van der Waals surface area contributed by atoms with Gasteiger partial charge in [-0.1, -0.05) is 0 Å². The maximum absolute atomic E-state index is 12.7. The first-order chi connectivity index (χ1) is 12.5. The molecule has 9 heteroatoms. The predicted octanol–water partition coefficient (Wildman–Crippen LogP) is 0.0968. The smallest absolute Gasteiger partial charge is 0.272 e. The molecule has 0 aromatic carbocycles. The van der Waals surface area contributed by atoms with Gasteiger partial charge >= 0.3 is 0 Å². The van der Waals surface area contributed by atoms with Crippen LogP contribution in [-0.4, -0.2) is 70.5 Å².